The lowest BCUT2D eigenvalue weighted by Crippen LogP contribution is -2.40. The highest BCUT2D eigenvalue weighted by Crippen LogP contribution is 2.39. The number of aryl methyl sites for hydroxylation is 1. The summed E-state index contributed by atoms with van der Waals surface area (Å²) >= 11 is 0. The zero-order chi connectivity index (χ0) is 27.6. The standard InChI is InChI=1S/C33H30N4O3/c38-25-26-19-21-27(22-20-26)31-24-37(36-34-31)23-11-10-18-32(39)35-40-33(28-12-4-1-5-13-28,29-14-6-2-7-15-29)30-16-8-3-9-17-30/h1-9,12-17,19-22,24-25H,10-11,18,23H2,(H,35,39). The number of benzene rings is 4. The molecule has 200 valence electrons. The third-order valence-electron chi connectivity index (χ3n) is 6.78. The van der Waals surface area contributed by atoms with Gasteiger partial charge in [0.2, 0.25) is 5.91 Å². The van der Waals surface area contributed by atoms with E-state index in [4.69, 9.17) is 4.84 Å². The number of aromatic nitrogens is 3. The molecule has 0 unspecified atom stereocenters. The molecule has 7 heteroatoms. The van der Waals surface area contributed by atoms with Crippen molar-refractivity contribution in [3.05, 3.63) is 144 Å². The van der Waals surface area contributed by atoms with E-state index in [-0.39, 0.29) is 5.91 Å². The summed E-state index contributed by atoms with van der Waals surface area (Å²) in [6.07, 6.45) is 4.40. The minimum Gasteiger partial charge on any atom is -0.298 e. The van der Waals surface area contributed by atoms with Crippen LogP contribution in [0.3, 0.4) is 0 Å². The topological polar surface area (TPSA) is 86.1 Å². The maximum atomic E-state index is 12.9. The smallest absolute Gasteiger partial charge is 0.243 e. The van der Waals surface area contributed by atoms with Crippen molar-refractivity contribution < 1.29 is 14.4 Å². The lowest BCUT2D eigenvalue weighted by Gasteiger charge is -2.35. The number of aldehydes is 1. The van der Waals surface area contributed by atoms with Crippen molar-refractivity contribution in [1.82, 2.24) is 20.5 Å². The summed E-state index contributed by atoms with van der Waals surface area (Å²) in [6.45, 7) is 0.634. The number of unbranched alkanes of at least 4 members (excludes halogenated alkanes) is 1. The third-order valence-corrected chi connectivity index (χ3v) is 6.78. The van der Waals surface area contributed by atoms with Crippen LogP contribution in [0, 0.1) is 0 Å². The minimum absolute atomic E-state index is 0.193. The van der Waals surface area contributed by atoms with Gasteiger partial charge in [0.15, 0.2) is 5.60 Å². The van der Waals surface area contributed by atoms with Gasteiger partial charge in [-0.25, -0.2) is 5.48 Å². The fourth-order valence-electron chi connectivity index (χ4n) is 4.71. The summed E-state index contributed by atoms with van der Waals surface area (Å²) in [5.74, 6) is -0.193. The Hall–Kier alpha value is -4.88. The number of hydroxylamine groups is 1. The molecule has 1 amide bonds. The van der Waals surface area contributed by atoms with E-state index in [0.29, 0.717) is 24.9 Å². The second-order valence-corrected chi connectivity index (χ2v) is 9.47. The lowest BCUT2D eigenvalue weighted by molar-refractivity contribution is -0.143. The molecule has 5 aromatic rings. The van der Waals surface area contributed by atoms with E-state index < -0.39 is 5.60 Å². The van der Waals surface area contributed by atoms with E-state index >= 15 is 0 Å². The number of hydrogen-bond donors (Lipinski definition) is 1. The minimum atomic E-state index is -1.01. The molecule has 0 aliphatic heterocycles. The highest BCUT2D eigenvalue weighted by molar-refractivity contribution is 5.76. The summed E-state index contributed by atoms with van der Waals surface area (Å²) < 4.78 is 1.77. The SMILES string of the molecule is O=Cc1ccc(-c2cn(CCCCC(=O)NOC(c3ccccc3)(c3ccccc3)c3ccccc3)nn2)cc1. The lowest BCUT2D eigenvalue weighted by atomic mass is 9.80. The Labute approximate surface area is 233 Å². The summed E-state index contributed by atoms with van der Waals surface area (Å²) in [7, 11) is 0. The van der Waals surface area contributed by atoms with E-state index in [1.165, 1.54) is 0 Å². The molecule has 0 spiro atoms. The number of hydrogen-bond acceptors (Lipinski definition) is 5. The van der Waals surface area contributed by atoms with Gasteiger partial charge >= 0.3 is 0 Å². The molecule has 7 nitrogen and oxygen atoms in total. The van der Waals surface area contributed by atoms with Crippen molar-refractivity contribution in [2.45, 2.75) is 31.4 Å². The average Bonchev–Trinajstić information content (AvgIpc) is 3.50. The van der Waals surface area contributed by atoms with Crippen molar-refractivity contribution in [3.63, 3.8) is 0 Å². The van der Waals surface area contributed by atoms with E-state index in [9.17, 15) is 9.59 Å². The molecule has 4 aromatic carbocycles. The summed E-state index contributed by atoms with van der Waals surface area (Å²) in [5, 5.41) is 8.42. The fourth-order valence-corrected chi connectivity index (χ4v) is 4.71. The molecule has 0 saturated heterocycles. The molecule has 0 saturated carbocycles. The Kier molecular flexibility index (Phi) is 8.53. The van der Waals surface area contributed by atoms with Gasteiger partial charge in [0.25, 0.3) is 0 Å². The van der Waals surface area contributed by atoms with Crippen molar-refractivity contribution in [2.24, 2.45) is 0 Å². The van der Waals surface area contributed by atoms with Crippen LogP contribution in [0.2, 0.25) is 0 Å². The first-order valence-corrected chi connectivity index (χ1v) is 13.3. The maximum Gasteiger partial charge on any atom is 0.243 e. The van der Waals surface area contributed by atoms with Gasteiger partial charge in [0.1, 0.15) is 12.0 Å². The van der Waals surface area contributed by atoms with Crippen molar-refractivity contribution >= 4 is 12.2 Å². The van der Waals surface area contributed by atoms with Gasteiger partial charge < -0.3 is 0 Å². The molecule has 1 N–H and O–H groups in total. The largest absolute Gasteiger partial charge is 0.298 e. The molecule has 1 heterocycles. The van der Waals surface area contributed by atoms with E-state index in [0.717, 1.165) is 40.7 Å². The van der Waals surface area contributed by atoms with Gasteiger partial charge in [-0.05, 0) is 29.5 Å². The van der Waals surface area contributed by atoms with Crippen LogP contribution in [0.4, 0.5) is 0 Å². The van der Waals surface area contributed by atoms with Crippen LogP contribution in [0.15, 0.2) is 121 Å². The van der Waals surface area contributed by atoms with Crippen LogP contribution < -0.4 is 5.48 Å². The van der Waals surface area contributed by atoms with E-state index in [1.54, 1.807) is 16.8 Å². The van der Waals surface area contributed by atoms with Crippen LogP contribution in [0.5, 0.6) is 0 Å². The maximum absolute atomic E-state index is 12.9. The molecular formula is C33H30N4O3. The average molecular weight is 531 g/mol. The van der Waals surface area contributed by atoms with Crippen LogP contribution in [-0.2, 0) is 21.8 Å². The molecule has 0 fully saturated rings. The Balaban J connectivity index is 1.22. The van der Waals surface area contributed by atoms with Gasteiger partial charge in [-0.3, -0.25) is 19.1 Å². The number of amides is 1. The molecule has 1 aromatic heterocycles. The molecule has 0 aliphatic carbocycles. The zero-order valence-corrected chi connectivity index (χ0v) is 22.0. The normalized spacial score (nSPS) is 11.2. The Morgan fingerprint density at radius 1 is 0.775 bits per heavy atom. The highest BCUT2D eigenvalue weighted by atomic mass is 16.7. The quantitative estimate of drug-likeness (QED) is 0.0930. The van der Waals surface area contributed by atoms with Crippen LogP contribution in [0.25, 0.3) is 11.3 Å². The van der Waals surface area contributed by atoms with Gasteiger partial charge in [0.05, 0.1) is 6.20 Å². The summed E-state index contributed by atoms with van der Waals surface area (Å²) in [4.78, 5) is 30.2. The Bertz CT molecular complexity index is 1420. The van der Waals surface area contributed by atoms with E-state index in [2.05, 4.69) is 15.8 Å². The number of nitrogens with zero attached hydrogens (tertiary/aromatic N) is 3. The van der Waals surface area contributed by atoms with Crippen LogP contribution in [0.1, 0.15) is 46.3 Å². The van der Waals surface area contributed by atoms with Gasteiger partial charge in [-0.15, -0.1) is 5.10 Å². The number of nitrogens with one attached hydrogen (secondary N) is 1. The summed E-state index contributed by atoms with van der Waals surface area (Å²) in [5.41, 5.74) is 6.73. The number of carbonyl (C=O) groups excluding carboxylic acids is 2. The van der Waals surface area contributed by atoms with E-state index in [1.807, 2.05) is 109 Å². The van der Waals surface area contributed by atoms with Crippen molar-refractivity contribution in [3.8, 4) is 11.3 Å². The van der Waals surface area contributed by atoms with Gasteiger partial charge in [-0.1, -0.05) is 120 Å². The Morgan fingerprint density at radius 2 is 1.32 bits per heavy atom. The summed E-state index contributed by atoms with van der Waals surface area (Å²) in [6, 6.07) is 37.0. The van der Waals surface area contributed by atoms with Crippen molar-refractivity contribution in [2.75, 3.05) is 0 Å². The molecule has 0 radical (unpaired) electrons. The number of rotatable bonds is 12. The monoisotopic (exact) mass is 530 g/mol. The fraction of sp³-hybridized carbons (Fsp3) is 0.152. The zero-order valence-electron chi connectivity index (χ0n) is 22.0. The predicted octanol–water partition coefficient (Wildman–Crippen LogP) is 5.97. The molecule has 0 bridgehead atoms. The van der Waals surface area contributed by atoms with Gasteiger partial charge in [0, 0.05) is 24.1 Å². The molecule has 40 heavy (non-hydrogen) atoms. The number of carbonyl (C=O) groups is 2. The van der Waals surface area contributed by atoms with Crippen LogP contribution in [-0.4, -0.2) is 27.2 Å². The van der Waals surface area contributed by atoms with Crippen molar-refractivity contribution in [1.29, 1.82) is 0 Å². The second kappa shape index (κ2) is 12.8. The first kappa shape index (κ1) is 26.7. The first-order chi connectivity index (χ1) is 19.7. The second-order valence-electron chi connectivity index (χ2n) is 9.47. The first-order valence-electron chi connectivity index (χ1n) is 13.3. The third kappa shape index (κ3) is 6.06. The molecule has 5 rings (SSSR count). The molecular weight excluding hydrogens is 500 g/mol. The molecule has 0 aliphatic rings. The Morgan fingerprint density at radius 3 is 1.85 bits per heavy atom. The van der Waals surface area contributed by atoms with Crippen LogP contribution >= 0.6 is 0 Å². The van der Waals surface area contributed by atoms with Gasteiger partial charge in [-0.2, -0.15) is 0 Å². The predicted molar refractivity (Wildman–Crippen MR) is 153 cm³/mol. The highest BCUT2D eigenvalue weighted by Gasteiger charge is 2.39. The molecule has 0 atom stereocenters.